The Morgan fingerprint density at radius 3 is 3.11 bits per heavy atom. The first-order chi connectivity index (χ1) is 9.33. The van der Waals surface area contributed by atoms with Gasteiger partial charge in [0, 0.05) is 18.8 Å². The van der Waals surface area contributed by atoms with Crippen molar-refractivity contribution in [3.8, 4) is 5.82 Å². The monoisotopic (exact) mass is 258 g/mol. The second kappa shape index (κ2) is 4.65. The summed E-state index contributed by atoms with van der Waals surface area (Å²) in [6.07, 6.45) is 7.22. The number of anilines is 1. The van der Waals surface area contributed by atoms with Crippen LogP contribution in [0, 0.1) is 0 Å². The molecule has 0 aromatic carbocycles. The van der Waals surface area contributed by atoms with Crippen LogP contribution in [-0.4, -0.2) is 29.7 Å². The number of nitrogen functional groups attached to an aromatic ring is 1. The number of imidazole rings is 1. The molecule has 0 aliphatic rings. The van der Waals surface area contributed by atoms with Crippen LogP contribution in [0.15, 0.2) is 18.6 Å². The summed E-state index contributed by atoms with van der Waals surface area (Å²) in [6, 6.07) is 0. The second-order valence-corrected chi connectivity index (χ2v) is 4.11. The number of H-pyrrole nitrogens is 1. The molecule has 3 aromatic heterocycles. The van der Waals surface area contributed by atoms with Gasteiger partial charge in [0.1, 0.15) is 5.82 Å². The average molecular weight is 258 g/mol. The summed E-state index contributed by atoms with van der Waals surface area (Å²) in [6.45, 7) is 2.11. The van der Waals surface area contributed by atoms with Gasteiger partial charge in [-0.25, -0.2) is 10.8 Å². The number of nitrogens with two attached hydrogens (primary N) is 1. The number of nitrogens with zero attached hydrogens (tertiary/aromatic N) is 5. The predicted octanol–water partition coefficient (Wildman–Crippen LogP) is 0.777. The molecule has 0 saturated carbocycles. The number of hydrogen-bond donors (Lipinski definition) is 3. The van der Waals surface area contributed by atoms with Gasteiger partial charge in [0.25, 0.3) is 0 Å². The molecule has 0 amide bonds. The molecule has 0 bridgehead atoms. The molecule has 0 unspecified atom stereocenters. The van der Waals surface area contributed by atoms with Crippen LogP contribution in [0.5, 0.6) is 0 Å². The number of hydrazine groups is 1. The molecule has 8 heteroatoms. The molecule has 3 heterocycles. The molecule has 4 N–H and O–H groups in total. The van der Waals surface area contributed by atoms with Gasteiger partial charge in [-0.05, 0) is 6.42 Å². The SMILES string of the molecule is CCCc1nccn1-c1nc(NN)nc2[nH]ncc12. The van der Waals surface area contributed by atoms with E-state index in [-0.39, 0.29) is 0 Å². The van der Waals surface area contributed by atoms with Crippen LogP contribution in [0.3, 0.4) is 0 Å². The van der Waals surface area contributed by atoms with Gasteiger partial charge in [0.15, 0.2) is 11.5 Å². The van der Waals surface area contributed by atoms with E-state index in [1.54, 1.807) is 12.4 Å². The van der Waals surface area contributed by atoms with Crippen molar-refractivity contribution in [1.29, 1.82) is 0 Å². The van der Waals surface area contributed by atoms with E-state index in [9.17, 15) is 0 Å². The molecule has 3 aromatic rings. The molecular weight excluding hydrogens is 244 g/mol. The summed E-state index contributed by atoms with van der Waals surface area (Å²) >= 11 is 0. The van der Waals surface area contributed by atoms with Gasteiger partial charge in [-0.3, -0.25) is 15.1 Å². The Balaban J connectivity index is 2.22. The van der Waals surface area contributed by atoms with Crippen LogP contribution >= 0.6 is 0 Å². The molecule has 0 fully saturated rings. The third kappa shape index (κ3) is 1.91. The van der Waals surface area contributed by atoms with Crippen molar-refractivity contribution in [3.63, 3.8) is 0 Å². The summed E-state index contributed by atoms with van der Waals surface area (Å²) < 4.78 is 1.93. The van der Waals surface area contributed by atoms with E-state index in [1.165, 1.54) is 0 Å². The molecule has 3 rings (SSSR count). The highest BCUT2D eigenvalue weighted by Crippen LogP contribution is 2.20. The van der Waals surface area contributed by atoms with E-state index in [4.69, 9.17) is 5.84 Å². The Kier molecular flexibility index (Phi) is 2.84. The van der Waals surface area contributed by atoms with Gasteiger partial charge in [-0.2, -0.15) is 15.1 Å². The molecule has 19 heavy (non-hydrogen) atoms. The lowest BCUT2D eigenvalue weighted by Gasteiger charge is -2.08. The maximum absolute atomic E-state index is 5.39. The van der Waals surface area contributed by atoms with Gasteiger partial charge in [-0.1, -0.05) is 6.92 Å². The number of aromatic amines is 1. The number of aryl methyl sites for hydroxylation is 1. The van der Waals surface area contributed by atoms with Crippen molar-refractivity contribution in [2.45, 2.75) is 19.8 Å². The van der Waals surface area contributed by atoms with E-state index in [2.05, 4.69) is 37.5 Å². The molecule has 0 saturated heterocycles. The van der Waals surface area contributed by atoms with Crippen LogP contribution in [0.2, 0.25) is 0 Å². The van der Waals surface area contributed by atoms with E-state index >= 15 is 0 Å². The summed E-state index contributed by atoms with van der Waals surface area (Å²) in [5, 5.41) is 7.64. The summed E-state index contributed by atoms with van der Waals surface area (Å²) in [5.74, 6) is 7.40. The lowest BCUT2D eigenvalue weighted by atomic mass is 10.3. The summed E-state index contributed by atoms with van der Waals surface area (Å²) in [5.41, 5.74) is 3.09. The van der Waals surface area contributed by atoms with Crippen LogP contribution in [0.1, 0.15) is 19.2 Å². The third-order valence-electron chi connectivity index (χ3n) is 2.84. The highest BCUT2D eigenvalue weighted by Gasteiger charge is 2.13. The third-order valence-corrected chi connectivity index (χ3v) is 2.84. The fourth-order valence-electron chi connectivity index (χ4n) is 2.00. The molecule has 98 valence electrons. The highest BCUT2D eigenvalue weighted by atomic mass is 15.3. The number of nitrogens with one attached hydrogen (secondary N) is 2. The van der Waals surface area contributed by atoms with Crippen molar-refractivity contribution in [3.05, 3.63) is 24.4 Å². The van der Waals surface area contributed by atoms with Gasteiger partial charge >= 0.3 is 0 Å². The zero-order valence-corrected chi connectivity index (χ0v) is 10.5. The number of aromatic nitrogens is 6. The van der Waals surface area contributed by atoms with Gasteiger partial charge in [0.2, 0.25) is 5.95 Å². The van der Waals surface area contributed by atoms with Crippen LogP contribution in [-0.2, 0) is 6.42 Å². The fourth-order valence-corrected chi connectivity index (χ4v) is 2.00. The Morgan fingerprint density at radius 2 is 2.32 bits per heavy atom. The molecule has 0 radical (unpaired) electrons. The van der Waals surface area contributed by atoms with E-state index in [0.717, 1.165) is 24.1 Å². The number of hydrogen-bond acceptors (Lipinski definition) is 6. The zero-order chi connectivity index (χ0) is 13.2. The van der Waals surface area contributed by atoms with Crippen molar-refractivity contribution >= 4 is 17.0 Å². The number of rotatable bonds is 4. The minimum atomic E-state index is 0.336. The summed E-state index contributed by atoms with van der Waals surface area (Å²) in [7, 11) is 0. The lowest BCUT2D eigenvalue weighted by molar-refractivity contribution is 0.800. The van der Waals surface area contributed by atoms with E-state index in [1.807, 2.05) is 10.8 Å². The van der Waals surface area contributed by atoms with Crippen LogP contribution in [0.4, 0.5) is 5.95 Å². The predicted molar refractivity (Wildman–Crippen MR) is 70.6 cm³/mol. The minimum absolute atomic E-state index is 0.336. The molecule has 0 atom stereocenters. The first-order valence-electron chi connectivity index (χ1n) is 6.03. The largest absolute Gasteiger partial charge is 0.292 e. The van der Waals surface area contributed by atoms with Crippen molar-refractivity contribution < 1.29 is 0 Å². The van der Waals surface area contributed by atoms with E-state index < -0.39 is 0 Å². The maximum Gasteiger partial charge on any atom is 0.241 e. The topological polar surface area (TPSA) is 110 Å². The first kappa shape index (κ1) is 11.6. The second-order valence-electron chi connectivity index (χ2n) is 4.11. The normalized spacial score (nSPS) is 11.1. The standard InChI is InChI=1S/C11H14N8/c1-2-3-8-13-4-5-19(8)10-7-6-14-18-9(7)15-11(16-10)17-12/h4-6H,2-3,12H2,1H3,(H2,14,15,16,17,18). The first-order valence-corrected chi connectivity index (χ1v) is 6.03. The molecule has 0 aliphatic carbocycles. The smallest absolute Gasteiger partial charge is 0.241 e. The average Bonchev–Trinajstić information content (AvgIpc) is 3.06. The summed E-state index contributed by atoms with van der Waals surface area (Å²) in [4.78, 5) is 12.9. The Labute approximate surface area is 109 Å². The van der Waals surface area contributed by atoms with Crippen molar-refractivity contribution in [2.24, 2.45) is 5.84 Å². The Morgan fingerprint density at radius 1 is 1.42 bits per heavy atom. The maximum atomic E-state index is 5.39. The van der Waals surface area contributed by atoms with Gasteiger partial charge in [-0.15, -0.1) is 0 Å². The quantitative estimate of drug-likeness (QED) is 0.471. The van der Waals surface area contributed by atoms with Crippen LogP contribution in [0.25, 0.3) is 16.9 Å². The Bertz CT molecular complexity index is 698. The highest BCUT2D eigenvalue weighted by molar-refractivity contribution is 5.82. The van der Waals surface area contributed by atoms with Gasteiger partial charge in [0.05, 0.1) is 11.6 Å². The van der Waals surface area contributed by atoms with Crippen molar-refractivity contribution in [1.82, 2.24) is 29.7 Å². The van der Waals surface area contributed by atoms with Crippen molar-refractivity contribution in [2.75, 3.05) is 5.43 Å². The molecule has 0 spiro atoms. The molecule has 8 nitrogen and oxygen atoms in total. The van der Waals surface area contributed by atoms with Crippen LogP contribution < -0.4 is 11.3 Å². The Hall–Kier alpha value is -2.48. The molecule has 0 aliphatic heterocycles. The molecular formula is C11H14N8. The zero-order valence-electron chi connectivity index (χ0n) is 10.5. The number of fused-ring (bicyclic) bond motifs is 1. The van der Waals surface area contributed by atoms with E-state index in [0.29, 0.717) is 17.4 Å². The van der Waals surface area contributed by atoms with Gasteiger partial charge < -0.3 is 0 Å². The fraction of sp³-hybridized carbons (Fsp3) is 0.273. The lowest BCUT2D eigenvalue weighted by Crippen LogP contribution is -2.13. The minimum Gasteiger partial charge on any atom is -0.292 e.